The van der Waals surface area contributed by atoms with Gasteiger partial charge in [0.2, 0.25) is 0 Å². The SMILES string of the molecule is C=CCC(C)C(CO)(CO)CO. The average molecular weight is 174 g/mol. The topological polar surface area (TPSA) is 60.7 Å². The average Bonchev–Trinajstić information content (AvgIpc) is 2.09. The first kappa shape index (κ1) is 11.6. The van der Waals surface area contributed by atoms with E-state index in [1.165, 1.54) is 0 Å². The van der Waals surface area contributed by atoms with Crippen molar-refractivity contribution in [1.82, 2.24) is 0 Å². The van der Waals surface area contributed by atoms with Crippen molar-refractivity contribution in [2.45, 2.75) is 13.3 Å². The summed E-state index contributed by atoms with van der Waals surface area (Å²) in [5.41, 5.74) is -0.770. The van der Waals surface area contributed by atoms with Crippen LogP contribution in [0.3, 0.4) is 0 Å². The van der Waals surface area contributed by atoms with Gasteiger partial charge >= 0.3 is 0 Å². The molecule has 0 aliphatic carbocycles. The van der Waals surface area contributed by atoms with E-state index in [1.807, 2.05) is 6.92 Å². The Labute approximate surface area is 73.4 Å². The Bertz CT molecular complexity index is 121. The van der Waals surface area contributed by atoms with Gasteiger partial charge in [-0.3, -0.25) is 0 Å². The molecule has 0 saturated heterocycles. The highest BCUT2D eigenvalue weighted by atomic mass is 16.3. The van der Waals surface area contributed by atoms with Crippen LogP contribution in [0.4, 0.5) is 0 Å². The lowest BCUT2D eigenvalue weighted by Gasteiger charge is -2.33. The Morgan fingerprint density at radius 2 is 1.67 bits per heavy atom. The van der Waals surface area contributed by atoms with Gasteiger partial charge in [-0.05, 0) is 12.3 Å². The van der Waals surface area contributed by atoms with E-state index in [1.54, 1.807) is 6.08 Å². The Morgan fingerprint density at radius 3 is 1.92 bits per heavy atom. The van der Waals surface area contributed by atoms with Crippen molar-refractivity contribution in [3.63, 3.8) is 0 Å². The van der Waals surface area contributed by atoms with Crippen LogP contribution in [0.5, 0.6) is 0 Å². The highest BCUT2D eigenvalue weighted by molar-refractivity contribution is 4.86. The highest BCUT2D eigenvalue weighted by Gasteiger charge is 2.33. The van der Waals surface area contributed by atoms with Crippen molar-refractivity contribution in [3.8, 4) is 0 Å². The van der Waals surface area contributed by atoms with Crippen LogP contribution in [-0.4, -0.2) is 35.1 Å². The molecule has 0 amide bonds. The first-order chi connectivity index (χ1) is 5.66. The molecular weight excluding hydrogens is 156 g/mol. The molecule has 0 spiro atoms. The summed E-state index contributed by atoms with van der Waals surface area (Å²) < 4.78 is 0. The van der Waals surface area contributed by atoms with E-state index in [2.05, 4.69) is 6.58 Å². The van der Waals surface area contributed by atoms with Crippen molar-refractivity contribution < 1.29 is 15.3 Å². The maximum absolute atomic E-state index is 9.02. The lowest BCUT2D eigenvalue weighted by Crippen LogP contribution is -2.40. The molecule has 0 saturated carbocycles. The van der Waals surface area contributed by atoms with E-state index in [0.29, 0.717) is 6.42 Å². The van der Waals surface area contributed by atoms with Crippen molar-refractivity contribution in [3.05, 3.63) is 12.7 Å². The number of hydrogen-bond donors (Lipinski definition) is 3. The van der Waals surface area contributed by atoms with Gasteiger partial charge < -0.3 is 15.3 Å². The molecule has 0 aliphatic rings. The number of aliphatic hydroxyl groups is 3. The van der Waals surface area contributed by atoms with E-state index in [-0.39, 0.29) is 25.7 Å². The molecule has 0 rings (SSSR count). The Kier molecular flexibility index (Phi) is 5.13. The van der Waals surface area contributed by atoms with Crippen LogP contribution in [0.1, 0.15) is 13.3 Å². The van der Waals surface area contributed by atoms with Gasteiger partial charge in [0.25, 0.3) is 0 Å². The van der Waals surface area contributed by atoms with E-state index in [4.69, 9.17) is 15.3 Å². The van der Waals surface area contributed by atoms with E-state index >= 15 is 0 Å². The number of rotatable bonds is 6. The maximum atomic E-state index is 9.02. The molecule has 3 heteroatoms. The molecular formula is C9H18O3. The summed E-state index contributed by atoms with van der Waals surface area (Å²) in [6.45, 7) is 4.85. The van der Waals surface area contributed by atoms with Gasteiger partial charge in [0.1, 0.15) is 0 Å². The van der Waals surface area contributed by atoms with Gasteiger partial charge in [0, 0.05) is 5.41 Å². The van der Waals surface area contributed by atoms with E-state index < -0.39 is 5.41 Å². The summed E-state index contributed by atoms with van der Waals surface area (Å²) in [5.74, 6) is 0.0370. The Hall–Kier alpha value is -0.380. The second-order valence-electron chi connectivity index (χ2n) is 3.26. The number of aliphatic hydroxyl groups excluding tert-OH is 3. The van der Waals surface area contributed by atoms with Gasteiger partial charge in [0.05, 0.1) is 19.8 Å². The zero-order chi connectivity index (χ0) is 9.61. The first-order valence-corrected chi connectivity index (χ1v) is 4.10. The van der Waals surface area contributed by atoms with Crippen LogP contribution in [0.15, 0.2) is 12.7 Å². The largest absolute Gasteiger partial charge is 0.396 e. The summed E-state index contributed by atoms with van der Waals surface area (Å²) in [7, 11) is 0. The maximum Gasteiger partial charge on any atom is 0.0534 e. The quantitative estimate of drug-likeness (QED) is 0.503. The molecule has 0 aromatic carbocycles. The minimum atomic E-state index is -0.770. The standard InChI is InChI=1S/C9H18O3/c1-3-4-8(2)9(5-10,6-11)7-12/h3,8,10-12H,1,4-7H2,2H3. The molecule has 0 bridgehead atoms. The minimum absolute atomic E-state index is 0.0370. The Balaban J connectivity index is 4.34. The third kappa shape index (κ3) is 2.30. The van der Waals surface area contributed by atoms with Crippen molar-refractivity contribution in [2.75, 3.05) is 19.8 Å². The van der Waals surface area contributed by atoms with Gasteiger partial charge in [-0.25, -0.2) is 0 Å². The zero-order valence-electron chi connectivity index (χ0n) is 7.53. The van der Waals surface area contributed by atoms with Crippen molar-refractivity contribution >= 4 is 0 Å². The molecule has 0 heterocycles. The fourth-order valence-electron chi connectivity index (χ4n) is 1.12. The molecule has 0 aromatic rings. The monoisotopic (exact) mass is 174 g/mol. The second kappa shape index (κ2) is 5.30. The third-order valence-corrected chi connectivity index (χ3v) is 2.51. The molecule has 0 radical (unpaired) electrons. The van der Waals surface area contributed by atoms with Gasteiger partial charge in [-0.2, -0.15) is 0 Å². The summed E-state index contributed by atoms with van der Waals surface area (Å²) in [6, 6.07) is 0. The highest BCUT2D eigenvalue weighted by Crippen LogP contribution is 2.28. The minimum Gasteiger partial charge on any atom is -0.396 e. The fraction of sp³-hybridized carbons (Fsp3) is 0.778. The van der Waals surface area contributed by atoms with Gasteiger partial charge in [0.15, 0.2) is 0 Å². The molecule has 1 atom stereocenters. The van der Waals surface area contributed by atoms with E-state index in [9.17, 15) is 0 Å². The van der Waals surface area contributed by atoms with Crippen molar-refractivity contribution in [2.24, 2.45) is 11.3 Å². The lowest BCUT2D eigenvalue weighted by molar-refractivity contribution is -0.0323. The summed E-state index contributed by atoms with van der Waals surface area (Å²) in [6.07, 6.45) is 2.40. The molecule has 0 aliphatic heterocycles. The summed E-state index contributed by atoms with van der Waals surface area (Å²) >= 11 is 0. The molecule has 72 valence electrons. The predicted octanol–water partition coefficient (Wildman–Crippen LogP) is 0.162. The lowest BCUT2D eigenvalue weighted by atomic mass is 9.76. The normalized spacial score (nSPS) is 14.3. The molecule has 3 nitrogen and oxygen atoms in total. The molecule has 3 N–H and O–H groups in total. The van der Waals surface area contributed by atoms with Crippen LogP contribution >= 0.6 is 0 Å². The molecule has 0 fully saturated rings. The van der Waals surface area contributed by atoms with Crippen LogP contribution in [0.2, 0.25) is 0 Å². The van der Waals surface area contributed by atoms with Gasteiger partial charge in [-0.15, -0.1) is 6.58 Å². The van der Waals surface area contributed by atoms with Crippen molar-refractivity contribution in [1.29, 1.82) is 0 Å². The van der Waals surface area contributed by atoms with Crippen LogP contribution in [-0.2, 0) is 0 Å². The third-order valence-electron chi connectivity index (χ3n) is 2.51. The predicted molar refractivity (Wildman–Crippen MR) is 47.7 cm³/mol. The molecule has 0 aromatic heterocycles. The fourth-order valence-corrected chi connectivity index (χ4v) is 1.12. The number of hydrogen-bond acceptors (Lipinski definition) is 3. The van der Waals surface area contributed by atoms with Crippen LogP contribution < -0.4 is 0 Å². The first-order valence-electron chi connectivity index (χ1n) is 4.10. The van der Waals surface area contributed by atoms with Crippen LogP contribution in [0, 0.1) is 11.3 Å². The molecule has 1 unspecified atom stereocenters. The smallest absolute Gasteiger partial charge is 0.0534 e. The summed E-state index contributed by atoms with van der Waals surface area (Å²) in [5, 5.41) is 27.1. The second-order valence-corrected chi connectivity index (χ2v) is 3.26. The van der Waals surface area contributed by atoms with Gasteiger partial charge in [-0.1, -0.05) is 13.0 Å². The van der Waals surface area contributed by atoms with Crippen LogP contribution in [0.25, 0.3) is 0 Å². The zero-order valence-corrected chi connectivity index (χ0v) is 7.53. The summed E-state index contributed by atoms with van der Waals surface area (Å²) in [4.78, 5) is 0. The van der Waals surface area contributed by atoms with E-state index in [0.717, 1.165) is 0 Å². The number of allylic oxidation sites excluding steroid dienone is 1. The Morgan fingerprint density at radius 1 is 1.25 bits per heavy atom. The molecule has 12 heavy (non-hydrogen) atoms.